The molecule has 0 radical (unpaired) electrons. The topological polar surface area (TPSA) is 29.1 Å². The molecule has 0 bridgehead atoms. The van der Waals surface area contributed by atoms with Crippen molar-refractivity contribution in [3.05, 3.63) is 82.9 Å². The van der Waals surface area contributed by atoms with Crippen LogP contribution in [0.4, 0.5) is 0 Å². The molecular formula is C20H18ClNOS. The van der Waals surface area contributed by atoms with Crippen LogP contribution in [-0.4, -0.2) is 11.7 Å². The number of hydrogen-bond donors (Lipinski definition) is 1. The van der Waals surface area contributed by atoms with Gasteiger partial charge >= 0.3 is 0 Å². The number of fused-ring (bicyclic) bond motifs is 1. The largest absolute Gasteiger partial charge is 0.351 e. The van der Waals surface area contributed by atoms with Crippen molar-refractivity contribution in [1.29, 1.82) is 0 Å². The Hall–Kier alpha value is -1.97. The summed E-state index contributed by atoms with van der Waals surface area (Å²) < 4.78 is 0. The second-order valence-corrected chi connectivity index (χ2v) is 7.00. The van der Waals surface area contributed by atoms with Crippen LogP contribution in [0, 0.1) is 0 Å². The van der Waals surface area contributed by atoms with Crippen molar-refractivity contribution in [1.82, 2.24) is 5.32 Å². The van der Waals surface area contributed by atoms with Gasteiger partial charge in [0.1, 0.15) is 0 Å². The summed E-state index contributed by atoms with van der Waals surface area (Å²) in [6, 6.07) is 22.2. The van der Waals surface area contributed by atoms with Gasteiger partial charge in [-0.15, -0.1) is 11.8 Å². The van der Waals surface area contributed by atoms with E-state index in [9.17, 15) is 4.79 Å². The molecule has 24 heavy (non-hydrogen) atoms. The van der Waals surface area contributed by atoms with E-state index < -0.39 is 0 Å². The fraction of sp³-hybridized carbons (Fsp3) is 0.150. The van der Waals surface area contributed by atoms with Crippen molar-refractivity contribution in [2.45, 2.75) is 12.3 Å². The first-order chi connectivity index (χ1) is 11.7. The molecule has 3 aromatic carbocycles. The normalized spacial score (nSPS) is 10.7. The van der Waals surface area contributed by atoms with Crippen LogP contribution in [0.1, 0.15) is 11.1 Å². The van der Waals surface area contributed by atoms with Crippen molar-refractivity contribution >= 4 is 40.0 Å². The molecule has 0 spiro atoms. The lowest BCUT2D eigenvalue weighted by atomic mass is 10.1. The van der Waals surface area contributed by atoms with Crippen molar-refractivity contribution < 1.29 is 4.79 Å². The molecule has 3 rings (SSSR count). The molecule has 0 fully saturated rings. The first kappa shape index (κ1) is 16.9. The summed E-state index contributed by atoms with van der Waals surface area (Å²) in [5, 5.41) is 6.12. The summed E-state index contributed by atoms with van der Waals surface area (Å²) in [6.07, 6.45) is 0. The average molecular weight is 356 g/mol. The number of hydrogen-bond acceptors (Lipinski definition) is 2. The Morgan fingerprint density at radius 1 is 0.917 bits per heavy atom. The minimum atomic E-state index is 0.0575. The van der Waals surface area contributed by atoms with Gasteiger partial charge in [0.15, 0.2) is 0 Å². The van der Waals surface area contributed by atoms with E-state index in [0.29, 0.717) is 12.3 Å². The molecule has 2 nitrogen and oxygen atoms in total. The zero-order valence-corrected chi connectivity index (χ0v) is 14.7. The van der Waals surface area contributed by atoms with E-state index in [4.69, 9.17) is 11.6 Å². The molecule has 3 aromatic rings. The number of thioether (sulfide) groups is 1. The summed E-state index contributed by atoms with van der Waals surface area (Å²) in [5.74, 6) is 1.32. The SMILES string of the molecule is O=C(CSCc1ccc(Cl)cc1)NCc1ccc2ccccc2c1. The molecule has 1 amide bonds. The van der Waals surface area contributed by atoms with E-state index in [1.165, 1.54) is 16.3 Å². The fourth-order valence-electron chi connectivity index (χ4n) is 2.44. The number of nitrogens with one attached hydrogen (secondary N) is 1. The quantitative estimate of drug-likeness (QED) is 0.671. The fourth-order valence-corrected chi connectivity index (χ4v) is 3.39. The van der Waals surface area contributed by atoms with Crippen molar-refractivity contribution in [3.8, 4) is 0 Å². The van der Waals surface area contributed by atoms with E-state index >= 15 is 0 Å². The van der Waals surface area contributed by atoms with Gasteiger partial charge in [0.2, 0.25) is 5.91 Å². The van der Waals surface area contributed by atoms with E-state index in [0.717, 1.165) is 16.3 Å². The molecule has 0 atom stereocenters. The van der Waals surface area contributed by atoms with Crippen LogP contribution >= 0.6 is 23.4 Å². The highest BCUT2D eigenvalue weighted by Crippen LogP contribution is 2.16. The predicted molar refractivity (Wildman–Crippen MR) is 103 cm³/mol. The number of benzene rings is 3. The minimum Gasteiger partial charge on any atom is -0.351 e. The average Bonchev–Trinajstić information content (AvgIpc) is 2.61. The molecule has 122 valence electrons. The van der Waals surface area contributed by atoms with Gasteiger partial charge < -0.3 is 5.32 Å². The van der Waals surface area contributed by atoms with Gasteiger partial charge in [-0.25, -0.2) is 0 Å². The minimum absolute atomic E-state index is 0.0575. The summed E-state index contributed by atoms with van der Waals surface area (Å²) in [6.45, 7) is 0.561. The van der Waals surface area contributed by atoms with Gasteiger partial charge in [-0.2, -0.15) is 0 Å². The molecule has 4 heteroatoms. The first-order valence-corrected chi connectivity index (χ1v) is 9.30. The summed E-state index contributed by atoms with van der Waals surface area (Å²) in [7, 11) is 0. The molecule has 0 aliphatic heterocycles. The lowest BCUT2D eigenvalue weighted by molar-refractivity contribution is -0.118. The van der Waals surface area contributed by atoms with Gasteiger partial charge in [0.25, 0.3) is 0 Å². The maximum atomic E-state index is 12.0. The van der Waals surface area contributed by atoms with Crippen molar-refractivity contribution in [2.24, 2.45) is 0 Å². The molecule has 0 saturated heterocycles. The Labute approximate surface area is 151 Å². The zero-order chi connectivity index (χ0) is 16.8. The van der Waals surface area contributed by atoms with Gasteiger partial charge in [-0.1, -0.05) is 60.1 Å². The summed E-state index contributed by atoms with van der Waals surface area (Å²) in [4.78, 5) is 12.0. The second-order valence-electron chi connectivity index (χ2n) is 5.58. The second kappa shape index (κ2) is 8.22. The highest BCUT2D eigenvalue weighted by molar-refractivity contribution is 7.99. The standard InChI is InChI=1S/C20H18ClNOS/c21-19-9-6-15(7-10-19)13-24-14-20(23)22-12-16-5-8-17-3-1-2-4-18(17)11-16/h1-11H,12-14H2,(H,22,23). The number of carbonyl (C=O) groups excluding carboxylic acids is 1. The third kappa shape index (κ3) is 4.76. The van der Waals surface area contributed by atoms with Crippen molar-refractivity contribution in [3.63, 3.8) is 0 Å². The molecule has 0 aromatic heterocycles. The van der Waals surface area contributed by atoms with E-state index in [1.54, 1.807) is 11.8 Å². The highest BCUT2D eigenvalue weighted by atomic mass is 35.5. The number of halogens is 1. The summed E-state index contributed by atoms with van der Waals surface area (Å²) in [5.41, 5.74) is 2.29. The molecule has 0 saturated carbocycles. The molecule has 0 heterocycles. The Morgan fingerprint density at radius 2 is 1.62 bits per heavy atom. The summed E-state index contributed by atoms with van der Waals surface area (Å²) >= 11 is 7.46. The van der Waals surface area contributed by atoms with Gasteiger partial charge in [-0.05, 0) is 40.1 Å². The first-order valence-electron chi connectivity index (χ1n) is 7.77. The smallest absolute Gasteiger partial charge is 0.230 e. The Bertz CT molecular complexity index is 832. The van der Waals surface area contributed by atoms with E-state index in [2.05, 4.69) is 35.6 Å². The number of carbonyl (C=O) groups is 1. The van der Waals surface area contributed by atoms with E-state index in [1.807, 2.05) is 36.4 Å². The maximum Gasteiger partial charge on any atom is 0.230 e. The van der Waals surface area contributed by atoms with Crippen LogP contribution in [0.25, 0.3) is 10.8 Å². The van der Waals surface area contributed by atoms with Crippen LogP contribution in [0.2, 0.25) is 5.02 Å². The Morgan fingerprint density at radius 3 is 2.42 bits per heavy atom. The van der Waals surface area contributed by atoms with Gasteiger partial charge in [0, 0.05) is 17.3 Å². The molecule has 0 aliphatic rings. The molecule has 1 N–H and O–H groups in total. The molecule has 0 unspecified atom stereocenters. The monoisotopic (exact) mass is 355 g/mol. The highest BCUT2D eigenvalue weighted by Gasteiger charge is 2.03. The molecule has 0 aliphatic carbocycles. The predicted octanol–water partition coefficient (Wildman–Crippen LogP) is 5.04. The Kier molecular flexibility index (Phi) is 5.78. The number of rotatable bonds is 6. The Balaban J connectivity index is 1.45. The maximum absolute atomic E-state index is 12.0. The third-order valence-electron chi connectivity index (χ3n) is 3.72. The van der Waals surface area contributed by atoms with E-state index in [-0.39, 0.29) is 5.91 Å². The zero-order valence-electron chi connectivity index (χ0n) is 13.2. The van der Waals surface area contributed by atoms with Crippen LogP contribution in [0.3, 0.4) is 0 Å². The molecular weight excluding hydrogens is 338 g/mol. The lowest BCUT2D eigenvalue weighted by Crippen LogP contribution is -2.24. The van der Waals surface area contributed by atoms with Crippen LogP contribution in [0.15, 0.2) is 66.7 Å². The van der Waals surface area contributed by atoms with Crippen LogP contribution < -0.4 is 5.32 Å². The van der Waals surface area contributed by atoms with Crippen LogP contribution in [0.5, 0.6) is 0 Å². The van der Waals surface area contributed by atoms with Crippen molar-refractivity contribution in [2.75, 3.05) is 5.75 Å². The van der Waals surface area contributed by atoms with Crippen LogP contribution in [-0.2, 0) is 17.1 Å². The van der Waals surface area contributed by atoms with Gasteiger partial charge in [0.05, 0.1) is 5.75 Å². The third-order valence-corrected chi connectivity index (χ3v) is 4.97. The lowest BCUT2D eigenvalue weighted by Gasteiger charge is -2.07. The number of amides is 1. The van der Waals surface area contributed by atoms with Gasteiger partial charge in [-0.3, -0.25) is 4.79 Å².